The molecule has 0 saturated heterocycles. The second-order valence-electron chi connectivity index (χ2n) is 17.3. The summed E-state index contributed by atoms with van der Waals surface area (Å²) in [4.78, 5) is 0. The predicted octanol–water partition coefficient (Wildman–Crippen LogP) is 16.4. The van der Waals surface area contributed by atoms with Crippen molar-refractivity contribution in [3.8, 4) is 56.9 Å². The summed E-state index contributed by atoms with van der Waals surface area (Å²) in [6.45, 7) is 0. The fraction of sp³-hybridized carbons (Fsp3) is 0. The van der Waals surface area contributed by atoms with Crippen molar-refractivity contribution in [2.75, 3.05) is 0 Å². The van der Waals surface area contributed by atoms with Gasteiger partial charge in [0.1, 0.15) is 34.5 Å². The number of para-hydroxylation sites is 2. The number of nitriles is 2. The van der Waals surface area contributed by atoms with Crippen LogP contribution in [-0.4, -0.2) is 9.13 Å². The number of hydrogen-bond donors (Lipinski definition) is 0. The minimum atomic E-state index is 0.376. The van der Waals surface area contributed by atoms with Gasteiger partial charge in [-0.25, -0.2) is 0 Å². The summed E-state index contributed by atoms with van der Waals surface area (Å²) in [6.07, 6.45) is 0. The third kappa shape index (κ3) is 5.26. The summed E-state index contributed by atoms with van der Waals surface area (Å²) < 4.78 is 17.6. The molecule has 0 bridgehead atoms. The van der Waals surface area contributed by atoms with E-state index in [0.29, 0.717) is 22.5 Å². The van der Waals surface area contributed by atoms with E-state index in [-0.39, 0.29) is 0 Å². The van der Waals surface area contributed by atoms with E-state index in [0.717, 1.165) is 121 Å². The van der Waals surface area contributed by atoms with Crippen LogP contribution in [-0.2, 0) is 0 Å². The van der Waals surface area contributed by atoms with Crippen LogP contribution in [0.4, 0.5) is 0 Å². The molecule has 0 N–H and O–H groups in total. The Labute approximate surface area is 388 Å². The molecule has 14 aromatic rings. The summed E-state index contributed by atoms with van der Waals surface area (Å²) in [5, 5.41) is 31.0. The molecule has 0 saturated carbocycles. The van der Waals surface area contributed by atoms with E-state index < -0.39 is 0 Å². The van der Waals surface area contributed by atoms with Crippen LogP contribution < -0.4 is 0 Å². The lowest BCUT2D eigenvalue weighted by Crippen LogP contribution is -2.08. The highest BCUT2D eigenvalue weighted by molar-refractivity contribution is 6.31. The minimum absolute atomic E-state index is 0.376. The van der Waals surface area contributed by atoms with Gasteiger partial charge in [0.05, 0.1) is 44.6 Å². The molecule has 14 rings (SSSR count). The van der Waals surface area contributed by atoms with Crippen LogP contribution in [0.5, 0.6) is 0 Å². The lowest BCUT2D eigenvalue weighted by Gasteiger charge is -2.22. The zero-order chi connectivity index (χ0) is 45.0. The molecule has 6 nitrogen and oxygen atoms in total. The quantitative estimate of drug-likeness (QED) is 0.172. The van der Waals surface area contributed by atoms with Crippen LogP contribution in [0.2, 0.25) is 0 Å². The van der Waals surface area contributed by atoms with Crippen LogP contribution in [0, 0.1) is 22.7 Å². The lowest BCUT2D eigenvalue weighted by molar-refractivity contribution is 0.669. The van der Waals surface area contributed by atoms with Crippen molar-refractivity contribution >= 4 is 87.5 Å². The number of nitrogens with zero attached hydrogens (tertiary/aromatic N) is 4. The first-order valence-corrected chi connectivity index (χ1v) is 22.6. The smallest absolute Gasteiger partial charge is 0.136 e. The molecule has 0 aliphatic rings. The highest BCUT2D eigenvalue weighted by Gasteiger charge is 2.30. The summed E-state index contributed by atoms with van der Waals surface area (Å²) in [5.74, 6) is 0. The Morgan fingerprint density at radius 3 is 1.44 bits per heavy atom. The van der Waals surface area contributed by atoms with E-state index in [2.05, 4.69) is 149 Å². The summed E-state index contributed by atoms with van der Waals surface area (Å²) >= 11 is 0. The number of fused-ring (bicyclic) bond motifs is 14. The van der Waals surface area contributed by atoms with E-state index in [1.165, 1.54) is 0 Å². The molecule has 0 fully saturated rings. The molecule has 0 amide bonds. The molecular formula is C62H34N4O2. The molecule has 0 spiro atoms. The molecule has 4 aromatic heterocycles. The fourth-order valence-electron chi connectivity index (χ4n) is 11.0. The monoisotopic (exact) mass is 866 g/mol. The van der Waals surface area contributed by atoms with Crippen molar-refractivity contribution in [1.82, 2.24) is 9.13 Å². The maximum atomic E-state index is 11.5. The second kappa shape index (κ2) is 14.4. The van der Waals surface area contributed by atoms with E-state index in [1.807, 2.05) is 72.8 Å². The fourth-order valence-corrected chi connectivity index (χ4v) is 11.0. The number of hydrogen-bond acceptors (Lipinski definition) is 4. The maximum Gasteiger partial charge on any atom is 0.136 e. The first-order valence-electron chi connectivity index (χ1n) is 22.6. The molecule has 0 unspecified atom stereocenters. The lowest BCUT2D eigenvalue weighted by atomic mass is 9.93. The van der Waals surface area contributed by atoms with Gasteiger partial charge in [0.15, 0.2) is 0 Å². The van der Waals surface area contributed by atoms with Gasteiger partial charge >= 0.3 is 0 Å². The van der Waals surface area contributed by atoms with E-state index in [1.54, 1.807) is 6.07 Å². The van der Waals surface area contributed by atoms with Crippen LogP contribution in [0.25, 0.3) is 132 Å². The van der Waals surface area contributed by atoms with Crippen molar-refractivity contribution in [3.05, 3.63) is 217 Å². The van der Waals surface area contributed by atoms with Crippen LogP contribution in [0.15, 0.2) is 215 Å². The van der Waals surface area contributed by atoms with Gasteiger partial charge in [0.2, 0.25) is 0 Å². The Morgan fingerprint density at radius 2 is 0.824 bits per heavy atom. The van der Waals surface area contributed by atoms with Crippen LogP contribution >= 0.6 is 0 Å². The van der Waals surface area contributed by atoms with Crippen LogP contribution in [0.3, 0.4) is 0 Å². The zero-order valence-corrected chi connectivity index (χ0v) is 36.2. The third-order valence-corrected chi connectivity index (χ3v) is 13.8. The molecule has 314 valence electrons. The highest BCUT2D eigenvalue weighted by Crippen LogP contribution is 2.50. The Hall–Kier alpha value is -9.62. The predicted molar refractivity (Wildman–Crippen MR) is 275 cm³/mol. The van der Waals surface area contributed by atoms with Crippen LogP contribution in [0.1, 0.15) is 11.1 Å². The molecule has 4 heterocycles. The van der Waals surface area contributed by atoms with Gasteiger partial charge in [-0.3, -0.25) is 0 Å². The summed E-state index contributed by atoms with van der Waals surface area (Å²) in [7, 11) is 0. The SMILES string of the molecule is N#Cc1cc(C#N)c(-n2c3cccc(-c4ccccc4)c3c3c4c(ccc32)oc2ccccc24)c(-c2ccccc2)c1-n1c2ccc(-c3ccccc3)cc2c2c3c(ccc21)oc1ccccc13. The molecule has 0 radical (unpaired) electrons. The van der Waals surface area contributed by atoms with E-state index in [9.17, 15) is 10.5 Å². The number of furan rings is 2. The standard InChI is InChI=1S/C62H34N4O2/c63-35-41-33-42(36-64)62(66-48-24-14-23-43(38-17-6-2-7-18-38)56(48)60-50(66)30-32-54-59(60)45-22-11-13-26-52(45)68-54)55(39-19-8-3-9-20-39)61(41)65-47-28-27-40(37-15-4-1-5-16-37)34-46(47)57-49(65)29-31-53-58(57)44-21-10-12-25-51(44)67-53/h1-34H. The maximum absolute atomic E-state index is 11.5. The van der Waals surface area contributed by atoms with Crippen molar-refractivity contribution in [1.29, 1.82) is 10.5 Å². The number of aromatic nitrogens is 2. The Balaban J connectivity index is 1.20. The van der Waals surface area contributed by atoms with Gasteiger partial charge in [-0.2, -0.15) is 10.5 Å². The summed E-state index contributed by atoms with van der Waals surface area (Å²) in [5.41, 5.74) is 14.9. The summed E-state index contributed by atoms with van der Waals surface area (Å²) in [6, 6.07) is 75.8. The Morgan fingerprint density at radius 1 is 0.324 bits per heavy atom. The average Bonchev–Trinajstić information content (AvgIpc) is 4.16. The number of rotatable bonds is 5. The van der Waals surface area contributed by atoms with Gasteiger partial charge in [0.25, 0.3) is 0 Å². The first-order chi connectivity index (χ1) is 33.7. The van der Waals surface area contributed by atoms with Crippen molar-refractivity contribution in [2.45, 2.75) is 0 Å². The largest absolute Gasteiger partial charge is 0.456 e. The second-order valence-corrected chi connectivity index (χ2v) is 17.3. The molecule has 6 heteroatoms. The molecule has 0 atom stereocenters. The highest BCUT2D eigenvalue weighted by atomic mass is 16.3. The van der Waals surface area contributed by atoms with Crippen molar-refractivity contribution < 1.29 is 8.83 Å². The normalized spacial score (nSPS) is 11.8. The van der Waals surface area contributed by atoms with Crippen molar-refractivity contribution in [3.63, 3.8) is 0 Å². The molecule has 68 heavy (non-hydrogen) atoms. The first kappa shape index (κ1) is 37.7. The number of benzene rings is 10. The van der Waals surface area contributed by atoms with E-state index >= 15 is 0 Å². The Bertz CT molecular complexity index is 4500. The van der Waals surface area contributed by atoms with Gasteiger partial charge in [-0.15, -0.1) is 0 Å². The molecular weight excluding hydrogens is 833 g/mol. The molecule has 0 aliphatic carbocycles. The Kier molecular flexibility index (Phi) is 8.01. The zero-order valence-electron chi connectivity index (χ0n) is 36.2. The van der Waals surface area contributed by atoms with Gasteiger partial charge in [-0.1, -0.05) is 146 Å². The van der Waals surface area contributed by atoms with Gasteiger partial charge < -0.3 is 18.0 Å². The molecule has 0 aliphatic heterocycles. The van der Waals surface area contributed by atoms with Gasteiger partial charge in [0, 0.05) is 48.7 Å². The van der Waals surface area contributed by atoms with Crippen molar-refractivity contribution in [2.24, 2.45) is 0 Å². The molecule has 10 aromatic carbocycles. The minimum Gasteiger partial charge on any atom is -0.456 e. The van der Waals surface area contributed by atoms with E-state index in [4.69, 9.17) is 8.83 Å². The van der Waals surface area contributed by atoms with Gasteiger partial charge in [-0.05, 0) is 88.5 Å². The topological polar surface area (TPSA) is 83.7 Å². The third-order valence-electron chi connectivity index (χ3n) is 13.8. The average molecular weight is 867 g/mol.